The fraction of sp³-hybridized carbons (Fsp3) is 0.600. The first-order valence-corrected chi connectivity index (χ1v) is 20.7. The molecule has 0 bridgehead atoms. The Balaban J connectivity index is 1.53. The third kappa shape index (κ3) is 13.2. The van der Waals surface area contributed by atoms with Gasteiger partial charge < -0.3 is 50.9 Å². The lowest BCUT2D eigenvalue weighted by Gasteiger charge is -2.30. The van der Waals surface area contributed by atoms with Crippen LogP contribution in [0.15, 0.2) is 24.8 Å². The molecule has 0 aliphatic carbocycles. The van der Waals surface area contributed by atoms with E-state index in [0.29, 0.717) is 11.3 Å². The van der Waals surface area contributed by atoms with E-state index in [-0.39, 0.29) is 41.6 Å². The van der Waals surface area contributed by atoms with E-state index in [1.807, 2.05) is 0 Å². The van der Waals surface area contributed by atoms with Gasteiger partial charge in [0.15, 0.2) is 17.7 Å². The number of hydrogen-bond acceptors (Lipinski definition) is 18. The SMILES string of the molecule is C=C(C)C(=O)SCCNC(=O)CCNC(=O)C(O)C(C)(C)COP(=O)(O)OP(=O)(O)OCC1OC(n2cnc3c(N)ncnc32)C(O)C1OP(=O)(O)O. The maximum atomic E-state index is 12.6. The summed E-state index contributed by atoms with van der Waals surface area (Å²) >= 11 is 0.979. The van der Waals surface area contributed by atoms with E-state index in [9.17, 15) is 57.9 Å². The molecule has 1 aliphatic heterocycles. The predicted molar refractivity (Wildman–Crippen MR) is 182 cm³/mol. The van der Waals surface area contributed by atoms with E-state index in [4.69, 9.17) is 19.5 Å². The number of aromatic nitrogens is 4. The van der Waals surface area contributed by atoms with E-state index < -0.39 is 84.6 Å². The molecule has 2 amide bonds. The molecular weight excluding hydrogens is 795 g/mol. The van der Waals surface area contributed by atoms with Crippen LogP contribution in [0.25, 0.3) is 11.2 Å². The highest BCUT2D eigenvalue weighted by molar-refractivity contribution is 8.14. The predicted octanol–water partition coefficient (Wildman–Crippen LogP) is -0.759. The van der Waals surface area contributed by atoms with Gasteiger partial charge in [0.25, 0.3) is 0 Å². The quantitative estimate of drug-likeness (QED) is 0.0449. The number of carbonyl (C=O) groups is 3. The summed E-state index contributed by atoms with van der Waals surface area (Å²) in [6.45, 7) is 5.52. The first-order chi connectivity index (χ1) is 24.4. The Morgan fingerprint density at radius 1 is 1.09 bits per heavy atom. The number of imidazole rings is 1. The van der Waals surface area contributed by atoms with Crippen LogP contribution in [-0.2, 0) is 50.7 Å². The van der Waals surface area contributed by atoms with E-state index in [1.54, 1.807) is 6.92 Å². The number of ether oxygens (including phenoxy) is 1. The maximum Gasteiger partial charge on any atom is 0.481 e. The van der Waals surface area contributed by atoms with Gasteiger partial charge in [-0.25, -0.2) is 28.6 Å². The molecule has 0 aromatic carbocycles. The van der Waals surface area contributed by atoms with Crippen molar-refractivity contribution in [2.24, 2.45) is 5.41 Å². The average Bonchev–Trinajstić information content (AvgIpc) is 3.60. The molecular formula is C25H40N7O17P3S. The molecule has 2 aromatic rings. The zero-order chi connectivity index (χ0) is 39.9. The van der Waals surface area contributed by atoms with E-state index in [2.05, 4.69) is 41.0 Å². The number of thioether (sulfide) groups is 1. The van der Waals surface area contributed by atoms with Crippen LogP contribution < -0.4 is 16.4 Å². The van der Waals surface area contributed by atoms with Crippen molar-refractivity contribution in [3.63, 3.8) is 0 Å². The largest absolute Gasteiger partial charge is 0.481 e. The zero-order valence-electron chi connectivity index (χ0n) is 28.3. The van der Waals surface area contributed by atoms with Crippen molar-refractivity contribution in [2.45, 2.75) is 57.8 Å². The number of anilines is 1. The third-order valence-corrected chi connectivity index (χ3v) is 11.2. The molecule has 298 valence electrons. The summed E-state index contributed by atoms with van der Waals surface area (Å²) in [5.74, 6) is -1.17. The molecule has 3 heterocycles. The third-order valence-electron chi connectivity index (χ3n) is 7.08. The molecule has 24 nitrogen and oxygen atoms in total. The molecule has 0 saturated carbocycles. The van der Waals surface area contributed by atoms with Crippen molar-refractivity contribution in [3.05, 3.63) is 24.8 Å². The number of hydrogen-bond donors (Lipinski definition) is 9. The molecule has 1 aliphatic rings. The molecule has 7 atom stereocenters. The number of aliphatic hydroxyl groups is 2. The molecule has 7 unspecified atom stereocenters. The molecule has 28 heteroatoms. The fourth-order valence-electron chi connectivity index (χ4n) is 4.40. The van der Waals surface area contributed by atoms with Crippen LogP contribution in [0.5, 0.6) is 0 Å². The van der Waals surface area contributed by atoms with Crippen LogP contribution in [0.2, 0.25) is 0 Å². The van der Waals surface area contributed by atoms with Crippen molar-refractivity contribution >= 4 is 69.1 Å². The van der Waals surface area contributed by atoms with Gasteiger partial charge in [-0.3, -0.25) is 32.5 Å². The summed E-state index contributed by atoms with van der Waals surface area (Å²) in [4.78, 5) is 86.8. The van der Waals surface area contributed by atoms with Crippen LogP contribution in [0.4, 0.5) is 5.82 Å². The van der Waals surface area contributed by atoms with E-state index in [0.717, 1.165) is 29.0 Å². The monoisotopic (exact) mass is 835 g/mol. The molecule has 0 radical (unpaired) electrons. The number of carbonyl (C=O) groups excluding carboxylic acids is 3. The number of amides is 2. The molecule has 2 aromatic heterocycles. The van der Waals surface area contributed by atoms with Gasteiger partial charge in [-0.2, -0.15) is 4.31 Å². The van der Waals surface area contributed by atoms with Crippen LogP contribution in [0, 0.1) is 5.41 Å². The average molecular weight is 836 g/mol. The lowest BCUT2D eigenvalue weighted by molar-refractivity contribution is -0.137. The molecule has 53 heavy (non-hydrogen) atoms. The highest BCUT2D eigenvalue weighted by Crippen LogP contribution is 2.61. The second-order valence-corrected chi connectivity index (χ2v) is 17.3. The van der Waals surface area contributed by atoms with Crippen LogP contribution in [0.1, 0.15) is 33.4 Å². The summed E-state index contributed by atoms with van der Waals surface area (Å²) in [5.41, 5.74) is 4.62. The first-order valence-electron chi connectivity index (χ1n) is 15.1. The Kier molecular flexibility index (Phi) is 15.4. The standard InChI is InChI=1S/C25H40N7O17P3S/c1-13(2)24(37)53-8-7-27-15(33)5-6-28-22(36)19(35)25(3,4)10-46-52(43,44)49-51(41,42)45-9-14-18(48-50(38,39)40)17(34)23(47-14)32-12-31-16-20(26)29-11-30-21(16)32/h11-12,14,17-19,23,34-35H,1,5-10H2,2-4H3,(H,27,33)(H,28,36)(H,41,42)(H,43,44)(H2,26,29,30)(H2,38,39,40). The van der Waals surface area contributed by atoms with Gasteiger partial charge in [0.2, 0.25) is 16.9 Å². The van der Waals surface area contributed by atoms with Gasteiger partial charge in [-0.15, -0.1) is 0 Å². The smallest absolute Gasteiger partial charge is 0.386 e. The first kappa shape index (κ1) is 44.7. The van der Waals surface area contributed by atoms with Crippen molar-refractivity contribution in [1.29, 1.82) is 0 Å². The Morgan fingerprint density at radius 2 is 1.75 bits per heavy atom. The lowest BCUT2D eigenvalue weighted by atomic mass is 9.87. The lowest BCUT2D eigenvalue weighted by Crippen LogP contribution is -2.46. The van der Waals surface area contributed by atoms with Crippen molar-refractivity contribution in [1.82, 2.24) is 30.2 Å². The molecule has 3 rings (SSSR count). The number of nitrogens with one attached hydrogen (secondary N) is 2. The van der Waals surface area contributed by atoms with Crippen molar-refractivity contribution in [2.75, 3.05) is 37.8 Å². The number of phosphoric ester groups is 3. The summed E-state index contributed by atoms with van der Waals surface area (Å²) < 4.78 is 61.9. The fourth-order valence-corrected chi connectivity index (χ4v) is 7.86. The van der Waals surface area contributed by atoms with Gasteiger partial charge in [0, 0.05) is 30.7 Å². The van der Waals surface area contributed by atoms with Gasteiger partial charge >= 0.3 is 23.5 Å². The Labute approximate surface area is 305 Å². The molecule has 1 saturated heterocycles. The molecule has 1 fully saturated rings. The minimum absolute atomic E-state index is 0.0291. The Bertz CT molecular complexity index is 1810. The normalized spacial score (nSPS) is 22.1. The van der Waals surface area contributed by atoms with Gasteiger partial charge in [-0.05, 0) is 12.5 Å². The van der Waals surface area contributed by atoms with Gasteiger partial charge in [-0.1, -0.05) is 32.2 Å². The van der Waals surface area contributed by atoms with Crippen LogP contribution in [-0.4, -0.2) is 123 Å². The maximum absolute atomic E-state index is 12.6. The summed E-state index contributed by atoms with van der Waals surface area (Å²) in [5, 5.41) is 26.0. The second kappa shape index (κ2) is 18.3. The number of rotatable bonds is 20. The number of aliphatic hydroxyl groups excluding tert-OH is 2. The minimum Gasteiger partial charge on any atom is -0.386 e. The number of nitrogens with zero attached hydrogens (tertiary/aromatic N) is 4. The highest BCUT2D eigenvalue weighted by atomic mass is 32.2. The Hall–Kier alpha value is -2.70. The van der Waals surface area contributed by atoms with E-state index >= 15 is 0 Å². The topological polar surface area (TPSA) is 364 Å². The Morgan fingerprint density at radius 3 is 2.40 bits per heavy atom. The van der Waals surface area contributed by atoms with Gasteiger partial charge in [0.1, 0.15) is 36.3 Å². The number of phosphoric acid groups is 3. The van der Waals surface area contributed by atoms with Crippen LogP contribution in [0.3, 0.4) is 0 Å². The highest BCUT2D eigenvalue weighted by Gasteiger charge is 2.50. The number of nitrogens with two attached hydrogens (primary N) is 1. The number of fused-ring (bicyclic) bond motifs is 1. The van der Waals surface area contributed by atoms with Crippen molar-refractivity contribution < 1.29 is 80.5 Å². The minimum atomic E-state index is -5.57. The summed E-state index contributed by atoms with van der Waals surface area (Å²) in [6, 6.07) is 0. The van der Waals surface area contributed by atoms with E-state index in [1.165, 1.54) is 13.8 Å². The second-order valence-electron chi connectivity index (χ2n) is 12.0. The molecule has 10 N–H and O–H groups in total. The summed E-state index contributed by atoms with van der Waals surface area (Å²) in [6.07, 6.45) is -6.93. The zero-order valence-corrected chi connectivity index (χ0v) is 31.8. The van der Waals surface area contributed by atoms with Crippen LogP contribution >= 0.6 is 35.2 Å². The number of nitrogen functional groups attached to an aromatic ring is 1. The van der Waals surface area contributed by atoms with Gasteiger partial charge in [0.05, 0.1) is 19.5 Å². The van der Waals surface area contributed by atoms with Crippen molar-refractivity contribution in [3.8, 4) is 0 Å². The summed E-state index contributed by atoms with van der Waals surface area (Å²) in [7, 11) is -16.4. The molecule has 0 spiro atoms.